The van der Waals surface area contributed by atoms with Gasteiger partial charge in [0.05, 0.1) is 24.0 Å². The van der Waals surface area contributed by atoms with E-state index in [-0.39, 0.29) is 40.5 Å². The first-order chi connectivity index (χ1) is 14.7. The smallest absolute Gasteiger partial charge is 0.211 e. The van der Waals surface area contributed by atoms with E-state index in [1.165, 1.54) is 42.0 Å². The molecule has 2 aromatic carbocycles. The third kappa shape index (κ3) is 3.90. The zero-order valence-corrected chi connectivity index (χ0v) is 18.3. The Morgan fingerprint density at radius 1 is 1.10 bits per heavy atom. The highest BCUT2D eigenvalue weighted by Crippen LogP contribution is 2.42. The van der Waals surface area contributed by atoms with Gasteiger partial charge in [0.1, 0.15) is 29.2 Å². The molecule has 1 aromatic heterocycles. The van der Waals surface area contributed by atoms with Crippen LogP contribution in [0.5, 0.6) is 5.75 Å². The summed E-state index contributed by atoms with van der Waals surface area (Å²) in [6.45, 7) is 1.32. The number of hydrogen-bond acceptors (Lipinski definition) is 6. The molecule has 1 aliphatic heterocycles. The Morgan fingerprint density at radius 2 is 1.81 bits per heavy atom. The summed E-state index contributed by atoms with van der Waals surface area (Å²) >= 11 is 6.41. The number of hydrogen-bond donors (Lipinski definition) is 0. The standard InChI is InChI=1S/C20H19ClF2N4O3S/c1-30-15-5-3-4-14(22)17(15)16-13(21)10-12-19(18(16)23)24-11-25-20(12)26-6-8-27(9-7-26)31(2,28)29/h3-5,10-11H,6-9H2,1-2H3. The second kappa shape index (κ2) is 8.18. The summed E-state index contributed by atoms with van der Waals surface area (Å²) < 4.78 is 60.3. The van der Waals surface area contributed by atoms with Gasteiger partial charge in [0.15, 0.2) is 5.82 Å². The average molecular weight is 469 g/mol. The highest BCUT2D eigenvalue weighted by molar-refractivity contribution is 7.88. The molecule has 31 heavy (non-hydrogen) atoms. The molecular weight excluding hydrogens is 450 g/mol. The van der Waals surface area contributed by atoms with Crippen LogP contribution in [0.25, 0.3) is 22.0 Å². The zero-order valence-electron chi connectivity index (χ0n) is 16.8. The van der Waals surface area contributed by atoms with Crippen LogP contribution in [0.2, 0.25) is 5.02 Å². The predicted molar refractivity (Wildman–Crippen MR) is 115 cm³/mol. The zero-order chi connectivity index (χ0) is 22.3. The van der Waals surface area contributed by atoms with Gasteiger partial charge < -0.3 is 9.64 Å². The predicted octanol–water partition coefficient (Wildman–Crippen LogP) is 3.32. The fraction of sp³-hybridized carbons (Fsp3) is 0.300. The highest BCUT2D eigenvalue weighted by atomic mass is 35.5. The van der Waals surface area contributed by atoms with Crippen LogP contribution in [0.3, 0.4) is 0 Å². The lowest BCUT2D eigenvalue weighted by Crippen LogP contribution is -2.48. The van der Waals surface area contributed by atoms with Crippen molar-refractivity contribution >= 4 is 38.3 Å². The van der Waals surface area contributed by atoms with Crippen molar-refractivity contribution in [3.8, 4) is 16.9 Å². The summed E-state index contributed by atoms with van der Waals surface area (Å²) in [6.07, 6.45) is 2.39. The third-order valence-corrected chi connectivity index (χ3v) is 6.85. The first-order valence-corrected chi connectivity index (χ1v) is 11.6. The summed E-state index contributed by atoms with van der Waals surface area (Å²) in [5.74, 6) is -0.882. The first kappa shape index (κ1) is 21.7. The van der Waals surface area contributed by atoms with E-state index >= 15 is 4.39 Å². The van der Waals surface area contributed by atoms with Gasteiger partial charge in [-0.3, -0.25) is 0 Å². The van der Waals surface area contributed by atoms with Crippen LogP contribution in [-0.2, 0) is 10.0 Å². The van der Waals surface area contributed by atoms with Crippen LogP contribution >= 0.6 is 11.6 Å². The van der Waals surface area contributed by atoms with Crippen molar-refractivity contribution in [3.05, 3.63) is 47.2 Å². The van der Waals surface area contributed by atoms with Gasteiger partial charge in [0.2, 0.25) is 10.0 Å². The SMILES string of the molecule is COc1cccc(F)c1-c1c(Cl)cc2c(N3CCN(S(C)(=O)=O)CC3)ncnc2c1F. The summed E-state index contributed by atoms with van der Waals surface area (Å²) in [4.78, 5) is 10.2. The minimum Gasteiger partial charge on any atom is -0.496 e. The normalized spacial score (nSPS) is 15.5. The minimum atomic E-state index is -3.29. The Morgan fingerprint density at radius 3 is 2.45 bits per heavy atom. The second-order valence-corrected chi connectivity index (χ2v) is 9.50. The molecule has 0 spiro atoms. The van der Waals surface area contributed by atoms with Gasteiger partial charge in [0.25, 0.3) is 0 Å². The van der Waals surface area contributed by atoms with E-state index in [0.29, 0.717) is 24.3 Å². The molecule has 1 fully saturated rings. The first-order valence-electron chi connectivity index (χ1n) is 9.38. The molecule has 3 aromatic rings. The molecule has 0 amide bonds. The van der Waals surface area contributed by atoms with Crippen molar-refractivity contribution in [3.63, 3.8) is 0 Å². The quantitative estimate of drug-likeness (QED) is 0.584. The molecule has 0 saturated carbocycles. The van der Waals surface area contributed by atoms with E-state index in [1.807, 2.05) is 4.90 Å². The maximum absolute atomic E-state index is 15.6. The van der Waals surface area contributed by atoms with Crippen molar-refractivity contribution in [1.82, 2.24) is 14.3 Å². The molecule has 0 radical (unpaired) electrons. The summed E-state index contributed by atoms with van der Waals surface area (Å²) in [5.41, 5.74) is -0.243. The lowest BCUT2D eigenvalue weighted by atomic mass is 10.0. The molecule has 164 valence electrons. The van der Waals surface area contributed by atoms with Crippen molar-refractivity contribution in [2.24, 2.45) is 0 Å². The number of nitrogens with zero attached hydrogens (tertiary/aromatic N) is 4. The molecule has 0 unspecified atom stereocenters. The molecule has 1 aliphatic rings. The number of fused-ring (bicyclic) bond motifs is 1. The molecule has 2 heterocycles. The number of halogens is 3. The van der Waals surface area contributed by atoms with Crippen molar-refractivity contribution < 1.29 is 21.9 Å². The Bertz CT molecular complexity index is 1270. The number of rotatable bonds is 4. The monoisotopic (exact) mass is 468 g/mol. The molecule has 7 nitrogen and oxygen atoms in total. The number of benzene rings is 2. The van der Waals surface area contributed by atoms with Gasteiger partial charge in [-0.1, -0.05) is 17.7 Å². The molecule has 1 saturated heterocycles. The Labute approximate surface area is 183 Å². The number of ether oxygens (including phenoxy) is 1. The second-order valence-electron chi connectivity index (χ2n) is 7.11. The topological polar surface area (TPSA) is 75.6 Å². The molecular formula is C20H19ClF2N4O3S. The summed E-state index contributed by atoms with van der Waals surface area (Å²) in [5, 5.41) is 0.344. The van der Waals surface area contributed by atoms with Crippen molar-refractivity contribution in [2.75, 3.05) is 44.4 Å². The maximum atomic E-state index is 15.6. The fourth-order valence-corrected chi connectivity index (χ4v) is 4.86. The maximum Gasteiger partial charge on any atom is 0.211 e. The summed E-state index contributed by atoms with van der Waals surface area (Å²) in [7, 11) is -1.93. The summed E-state index contributed by atoms with van der Waals surface area (Å²) in [6, 6.07) is 5.68. The number of aromatic nitrogens is 2. The number of anilines is 1. The third-order valence-electron chi connectivity index (χ3n) is 5.25. The molecule has 0 bridgehead atoms. The van der Waals surface area contributed by atoms with Gasteiger partial charge in [-0.25, -0.2) is 27.2 Å². The van der Waals surface area contributed by atoms with Gasteiger partial charge in [-0.2, -0.15) is 4.31 Å². The van der Waals surface area contributed by atoms with Crippen molar-refractivity contribution in [2.45, 2.75) is 0 Å². The Balaban J connectivity index is 1.82. The Kier molecular flexibility index (Phi) is 5.71. The van der Waals surface area contributed by atoms with Crippen LogP contribution in [0.15, 0.2) is 30.6 Å². The highest BCUT2D eigenvalue weighted by Gasteiger charge is 2.27. The largest absolute Gasteiger partial charge is 0.496 e. The van der Waals surface area contributed by atoms with Gasteiger partial charge in [0, 0.05) is 37.1 Å². The molecule has 11 heteroatoms. The Hall–Kier alpha value is -2.56. The number of methoxy groups -OCH3 is 1. The van der Waals surface area contributed by atoms with Crippen LogP contribution in [0.1, 0.15) is 0 Å². The van der Waals surface area contributed by atoms with Crippen LogP contribution < -0.4 is 9.64 Å². The van der Waals surface area contributed by atoms with Crippen molar-refractivity contribution in [1.29, 1.82) is 0 Å². The van der Waals surface area contributed by atoms with E-state index in [4.69, 9.17) is 16.3 Å². The molecule has 0 atom stereocenters. The van der Waals surface area contributed by atoms with Gasteiger partial charge in [-0.15, -0.1) is 0 Å². The van der Waals surface area contributed by atoms with Gasteiger partial charge >= 0.3 is 0 Å². The minimum absolute atomic E-state index is 0.0137. The van der Waals surface area contributed by atoms with E-state index in [9.17, 15) is 12.8 Å². The van der Waals surface area contributed by atoms with E-state index < -0.39 is 21.7 Å². The van der Waals surface area contributed by atoms with Crippen LogP contribution in [0, 0.1) is 11.6 Å². The van der Waals surface area contributed by atoms with E-state index in [2.05, 4.69) is 9.97 Å². The lowest BCUT2D eigenvalue weighted by molar-refractivity contribution is 0.387. The van der Waals surface area contributed by atoms with Crippen LogP contribution in [0.4, 0.5) is 14.6 Å². The fourth-order valence-electron chi connectivity index (χ4n) is 3.75. The van der Waals surface area contributed by atoms with E-state index in [0.717, 1.165) is 6.26 Å². The number of sulfonamides is 1. The lowest BCUT2D eigenvalue weighted by Gasteiger charge is -2.34. The average Bonchev–Trinajstić information content (AvgIpc) is 2.74. The number of piperazine rings is 1. The van der Waals surface area contributed by atoms with Crippen LogP contribution in [-0.4, -0.2) is 62.2 Å². The van der Waals surface area contributed by atoms with E-state index in [1.54, 1.807) is 0 Å². The molecule has 4 rings (SSSR count). The molecule has 0 N–H and O–H groups in total. The molecule has 0 aliphatic carbocycles. The van der Waals surface area contributed by atoms with Gasteiger partial charge in [-0.05, 0) is 18.2 Å².